The molecule has 0 radical (unpaired) electrons. The van der Waals surface area contributed by atoms with Crippen LogP contribution in [0.3, 0.4) is 0 Å². The predicted molar refractivity (Wildman–Crippen MR) is 93.5 cm³/mol. The lowest BCUT2D eigenvalue weighted by molar-refractivity contribution is -0.130. The molecule has 0 aliphatic rings. The summed E-state index contributed by atoms with van der Waals surface area (Å²) in [6.07, 6.45) is 1.22. The van der Waals surface area contributed by atoms with Gasteiger partial charge in [-0.3, -0.25) is 9.52 Å². The van der Waals surface area contributed by atoms with Gasteiger partial charge in [-0.1, -0.05) is 29.3 Å². The topological polar surface area (TPSA) is 107 Å². The molecule has 0 aliphatic carbocycles. The van der Waals surface area contributed by atoms with E-state index in [0.29, 0.717) is 12.0 Å². The van der Waals surface area contributed by atoms with Crippen LogP contribution in [0.2, 0.25) is 10.0 Å². The lowest BCUT2D eigenvalue weighted by Crippen LogP contribution is -2.16. The third kappa shape index (κ3) is 4.88. The van der Waals surface area contributed by atoms with Crippen molar-refractivity contribution in [2.45, 2.75) is 16.8 Å². The van der Waals surface area contributed by atoms with Gasteiger partial charge in [0.2, 0.25) is 5.82 Å². The quantitative estimate of drug-likeness (QED) is 0.705. The molecule has 2 rings (SSSR count). The highest BCUT2D eigenvalue weighted by molar-refractivity contribution is 7.95. The Bertz CT molecular complexity index is 909. The molecular formula is C13H11Cl2N3O5S2. The predicted octanol–water partition coefficient (Wildman–Crippen LogP) is 3.16. The van der Waals surface area contributed by atoms with E-state index in [1.165, 1.54) is 38.4 Å². The highest BCUT2D eigenvalue weighted by Crippen LogP contribution is 2.31. The number of carbonyl (C=O) groups is 1. The number of benzene rings is 1. The van der Waals surface area contributed by atoms with Crippen LogP contribution in [0.5, 0.6) is 5.88 Å². The van der Waals surface area contributed by atoms with E-state index in [1.807, 2.05) is 0 Å². The normalized spacial score (nSPS) is 11.0. The summed E-state index contributed by atoms with van der Waals surface area (Å²) in [6.45, 7) is 1.23. The van der Waals surface area contributed by atoms with E-state index in [9.17, 15) is 13.2 Å². The lowest BCUT2D eigenvalue weighted by atomic mass is 10.4. The number of hydrogen-bond donors (Lipinski definition) is 1. The van der Waals surface area contributed by atoms with Crippen LogP contribution in [0.25, 0.3) is 0 Å². The fourth-order valence-corrected chi connectivity index (χ4v) is 3.77. The fourth-order valence-electron chi connectivity index (χ4n) is 1.58. The Morgan fingerprint density at radius 2 is 2.04 bits per heavy atom. The molecule has 0 saturated heterocycles. The Labute approximate surface area is 158 Å². The van der Waals surface area contributed by atoms with Crippen molar-refractivity contribution in [1.29, 1.82) is 0 Å². The largest absolute Gasteiger partial charge is 0.478 e. The number of carbonyl (C=O) groups excluding carboxylic acids is 1. The Morgan fingerprint density at radius 3 is 2.68 bits per heavy atom. The first-order valence-corrected chi connectivity index (χ1v) is 9.45. The van der Waals surface area contributed by atoms with Crippen LogP contribution in [0, 0.1) is 0 Å². The number of ether oxygens (including phenoxy) is 1. The second-order valence-electron chi connectivity index (χ2n) is 4.38. The molecule has 0 fully saturated rings. The van der Waals surface area contributed by atoms with Crippen LogP contribution in [0.15, 0.2) is 34.3 Å². The molecule has 0 saturated carbocycles. The number of anilines is 1. The Morgan fingerprint density at radius 1 is 1.32 bits per heavy atom. The zero-order chi connectivity index (χ0) is 18.6. The van der Waals surface area contributed by atoms with Crippen LogP contribution >= 0.6 is 35.2 Å². The zero-order valence-electron chi connectivity index (χ0n) is 12.8. The Balaban J connectivity index is 2.32. The molecule has 0 atom stereocenters. The number of aromatic nitrogens is 2. The van der Waals surface area contributed by atoms with Gasteiger partial charge in [0.15, 0.2) is 5.03 Å². The van der Waals surface area contributed by atoms with Gasteiger partial charge < -0.3 is 8.92 Å². The molecule has 12 heteroatoms. The van der Waals surface area contributed by atoms with Gasteiger partial charge >= 0.3 is 5.97 Å². The number of sulfonamides is 1. The minimum atomic E-state index is -4.08. The van der Waals surface area contributed by atoms with Gasteiger partial charge in [-0.25, -0.2) is 13.4 Å². The van der Waals surface area contributed by atoms with Crippen molar-refractivity contribution < 1.29 is 22.1 Å². The Kier molecular flexibility index (Phi) is 6.33. The van der Waals surface area contributed by atoms with Gasteiger partial charge in [0.05, 0.1) is 23.4 Å². The fraction of sp³-hybridized carbons (Fsp3) is 0.154. The van der Waals surface area contributed by atoms with Crippen molar-refractivity contribution >= 4 is 57.1 Å². The summed E-state index contributed by atoms with van der Waals surface area (Å²) in [5.41, 5.74) is 0. The molecule has 1 aromatic carbocycles. The summed E-state index contributed by atoms with van der Waals surface area (Å²) in [7, 11) is -2.79. The van der Waals surface area contributed by atoms with Gasteiger partial charge in [-0.2, -0.15) is 4.98 Å². The number of nitrogens with one attached hydrogen (secondary N) is 1. The average molecular weight is 424 g/mol. The first kappa shape index (κ1) is 19.6. The van der Waals surface area contributed by atoms with Crippen LogP contribution in [0.1, 0.15) is 6.92 Å². The molecule has 25 heavy (non-hydrogen) atoms. The molecule has 2 aromatic rings. The van der Waals surface area contributed by atoms with Crippen LogP contribution in [-0.4, -0.2) is 31.5 Å². The van der Waals surface area contributed by atoms with Crippen molar-refractivity contribution in [3.05, 3.63) is 34.4 Å². The molecular weight excluding hydrogens is 413 g/mol. The SMILES string of the molecule is COc1nc(SOC(C)=O)cnc1NS(=O)(=O)c1cccc(Cl)c1Cl. The van der Waals surface area contributed by atoms with Crippen molar-refractivity contribution in [3.8, 4) is 5.88 Å². The maximum absolute atomic E-state index is 12.5. The maximum Gasteiger partial charge on any atom is 0.315 e. The maximum atomic E-state index is 12.5. The highest BCUT2D eigenvalue weighted by atomic mass is 35.5. The number of hydrogen-bond acceptors (Lipinski definition) is 8. The minimum Gasteiger partial charge on any atom is -0.478 e. The van der Waals surface area contributed by atoms with E-state index in [2.05, 4.69) is 14.7 Å². The van der Waals surface area contributed by atoms with E-state index >= 15 is 0 Å². The van der Waals surface area contributed by atoms with Crippen LogP contribution in [0.4, 0.5) is 5.82 Å². The van der Waals surface area contributed by atoms with Crippen LogP contribution < -0.4 is 9.46 Å². The third-order valence-corrected chi connectivity index (χ3v) is 5.59. The first-order chi connectivity index (χ1) is 11.7. The number of halogens is 2. The standard InChI is InChI=1S/C13H11Cl2N3O5S2/c1-7(19)23-24-10-6-16-12(13(17-10)22-2)18-25(20,21)9-5-3-4-8(14)11(9)15/h3-6H,1-2H3,(H,16,18). The summed E-state index contributed by atoms with van der Waals surface area (Å²) in [5, 5.41) is 0.178. The molecule has 0 unspecified atom stereocenters. The summed E-state index contributed by atoms with van der Waals surface area (Å²) in [5.74, 6) is -0.796. The number of rotatable bonds is 6. The number of nitrogens with zero attached hydrogens (tertiary/aromatic N) is 2. The summed E-state index contributed by atoms with van der Waals surface area (Å²) < 4.78 is 36.9. The first-order valence-electron chi connectivity index (χ1n) is 6.47. The second kappa shape index (κ2) is 8.09. The van der Waals surface area contributed by atoms with Crippen LogP contribution in [-0.2, 0) is 19.0 Å². The van der Waals surface area contributed by atoms with Gasteiger partial charge in [0.25, 0.3) is 15.9 Å². The van der Waals surface area contributed by atoms with E-state index < -0.39 is 16.0 Å². The molecule has 0 spiro atoms. The molecule has 0 aliphatic heterocycles. The number of methoxy groups -OCH3 is 1. The van der Waals surface area contributed by atoms with Gasteiger partial charge in [-0.05, 0) is 12.1 Å². The van der Waals surface area contributed by atoms with E-state index in [0.717, 1.165) is 0 Å². The smallest absolute Gasteiger partial charge is 0.315 e. The van der Waals surface area contributed by atoms with Crippen molar-refractivity contribution in [2.75, 3.05) is 11.8 Å². The zero-order valence-corrected chi connectivity index (χ0v) is 16.0. The van der Waals surface area contributed by atoms with E-state index in [-0.39, 0.29) is 31.7 Å². The van der Waals surface area contributed by atoms with Gasteiger partial charge in [-0.15, -0.1) is 0 Å². The summed E-state index contributed by atoms with van der Waals surface area (Å²) >= 11 is 12.5. The molecule has 134 valence electrons. The van der Waals surface area contributed by atoms with E-state index in [4.69, 9.17) is 32.1 Å². The molecule has 1 aromatic heterocycles. The summed E-state index contributed by atoms with van der Waals surface area (Å²) in [4.78, 5) is 18.5. The van der Waals surface area contributed by atoms with Gasteiger partial charge in [0.1, 0.15) is 16.9 Å². The highest BCUT2D eigenvalue weighted by Gasteiger charge is 2.22. The Hall–Kier alpha value is -1.75. The average Bonchev–Trinajstić information content (AvgIpc) is 2.55. The molecule has 0 bridgehead atoms. The van der Waals surface area contributed by atoms with Crippen molar-refractivity contribution in [3.63, 3.8) is 0 Å². The van der Waals surface area contributed by atoms with E-state index in [1.54, 1.807) is 0 Å². The molecule has 1 heterocycles. The second-order valence-corrected chi connectivity index (χ2v) is 7.57. The van der Waals surface area contributed by atoms with Gasteiger partial charge in [0, 0.05) is 6.92 Å². The lowest BCUT2D eigenvalue weighted by Gasteiger charge is -2.12. The van der Waals surface area contributed by atoms with Crippen molar-refractivity contribution in [2.24, 2.45) is 0 Å². The molecule has 0 amide bonds. The summed E-state index contributed by atoms with van der Waals surface area (Å²) in [6, 6.07) is 4.20. The molecule has 8 nitrogen and oxygen atoms in total. The van der Waals surface area contributed by atoms with Crippen molar-refractivity contribution in [1.82, 2.24) is 9.97 Å². The monoisotopic (exact) mass is 423 g/mol. The minimum absolute atomic E-state index is 0.0933. The third-order valence-electron chi connectivity index (χ3n) is 2.59. The molecule has 1 N–H and O–H groups in total.